The number of carbonyl (C=O) groups is 2. The average Bonchev–Trinajstić information content (AvgIpc) is 2.72. The van der Waals surface area contributed by atoms with Crippen molar-refractivity contribution < 1.29 is 22.7 Å². The molecule has 0 fully saturated rings. The first-order valence-corrected chi connectivity index (χ1v) is 11.9. The summed E-state index contributed by atoms with van der Waals surface area (Å²) in [6.07, 6.45) is 1.88. The lowest BCUT2D eigenvalue weighted by Crippen LogP contribution is -2.33. The van der Waals surface area contributed by atoms with E-state index >= 15 is 0 Å². The van der Waals surface area contributed by atoms with Gasteiger partial charge >= 0.3 is 0 Å². The Balaban J connectivity index is 2.12. The summed E-state index contributed by atoms with van der Waals surface area (Å²) in [4.78, 5) is 25.0. The molecule has 2 amide bonds. The van der Waals surface area contributed by atoms with Crippen molar-refractivity contribution in [3.8, 4) is 5.75 Å². The monoisotopic (exact) mass is 447 g/mol. The highest BCUT2D eigenvalue weighted by Gasteiger charge is 2.17. The Morgan fingerprint density at radius 1 is 1.06 bits per heavy atom. The van der Waals surface area contributed by atoms with Crippen molar-refractivity contribution >= 4 is 33.0 Å². The molecular weight excluding hydrogens is 418 g/mol. The number of benzene rings is 2. The fourth-order valence-corrected chi connectivity index (χ4v) is 3.65. The zero-order chi connectivity index (χ0) is 23.0. The number of anilines is 2. The molecule has 0 aliphatic rings. The summed E-state index contributed by atoms with van der Waals surface area (Å²) in [7, 11) is -3.54. The zero-order valence-electron chi connectivity index (χ0n) is 18.2. The van der Waals surface area contributed by atoms with Crippen LogP contribution >= 0.6 is 0 Å². The molecule has 9 heteroatoms. The molecule has 0 radical (unpaired) electrons. The Bertz CT molecular complexity index is 1040. The highest BCUT2D eigenvalue weighted by Crippen LogP contribution is 2.26. The van der Waals surface area contributed by atoms with E-state index in [2.05, 4.69) is 16.0 Å². The van der Waals surface area contributed by atoms with E-state index in [1.54, 1.807) is 43.3 Å². The molecule has 0 saturated carbocycles. The van der Waals surface area contributed by atoms with Crippen molar-refractivity contribution in [3.63, 3.8) is 0 Å². The molecule has 2 aromatic carbocycles. The molecular formula is C22H29N3O5S. The van der Waals surface area contributed by atoms with Gasteiger partial charge in [-0.05, 0) is 44.5 Å². The Morgan fingerprint density at radius 3 is 2.42 bits per heavy atom. The highest BCUT2D eigenvalue weighted by molar-refractivity contribution is 7.90. The lowest BCUT2D eigenvalue weighted by atomic mass is 10.1. The number of nitrogens with one attached hydrogen (secondary N) is 3. The first-order valence-electron chi connectivity index (χ1n) is 10.1. The fourth-order valence-electron chi connectivity index (χ4n) is 2.78. The summed E-state index contributed by atoms with van der Waals surface area (Å²) >= 11 is 0. The average molecular weight is 448 g/mol. The molecule has 3 N–H and O–H groups in total. The van der Waals surface area contributed by atoms with Crippen molar-refractivity contribution in [1.29, 1.82) is 0 Å². The summed E-state index contributed by atoms with van der Waals surface area (Å²) in [5.41, 5.74) is 1.03. The van der Waals surface area contributed by atoms with Gasteiger partial charge in [0, 0.05) is 18.4 Å². The number of ether oxygens (including phenoxy) is 1. The third-order valence-electron chi connectivity index (χ3n) is 4.54. The Labute approximate surface area is 183 Å². The maximum atomic E-state index is 12.5. The van der Waals surface area contributed by atoms with E-state index in [0.29, 0.717) is 29.3 Å². The third-order valence-corrected chi connectivity index (χ3v) is 5.68. The number of carbonyl (C=O) groups excluding carboxylic acids is 2. The Hall–Kier alpha value is -3.07. The van der Waals surface area contributed by atoms with E-state index in [4.69, 9.17) is 4.74 Å². The van der Waals surface area contributed by atoms with Gasteiger partial charge in [0.05, 0.1) is 35.0 Å². The van der Waals surface area contributed by atoms with Crippen LogP contribution in [0.25, 0.3) is 0 Å². The Kier molecular flexibility index (Phi) is 8.44. The second-order valence-electron chi connectivity index (χ2n) is 7.09. The van der Waals surface area contributed by atoms with Crippen molar-refractivity contribution in [1.82, 2.24) is 5.32 Å². The topological polar surface area (TPSA) is 114 Å². The predicted octanol–water partition coefficient (Wildman–Crippen LogP) is 3.07. The largest absolute Gasteiger partial charge is 0.494 e. The molecule has 8 nitrogen and oxygen atoms in total. The van der Waals surface area contributed by atoms with Crippen LogP contribution in [0, 0.1) is 0 Å². The number of para-hydroxylation sites is 1. The van der Waals surface area contributed by atoms with Gasteiger partial charge in [-0.1, -0.05) is 19.1 Å². The Morgan fingerprint density at radius 2 is 1.77 bits per heavy atom. The molecule has 0 aliphatic heterocycles. The summed E-state index contributed by atoms with van der Waals surface area (Å²) in [6.45, 7) is 5.90. The lowest BCUT2D eigenvalue weighted by molar-refractivity contribution is -0.114. The van der Waals surface area contributed by atoms with Crippen LogP contribution < -0.4 is 20.7 Å². The van der Waals surface area contributed by atoms with Gasteiger partial charge in [0.2, 0.25) is 5.91 Å². The SMILES string of the molecule is CCOc1ccc(NCC(=O)Nc2ccccc2C(=O)NC(C)CC)c(S(C)(=O)=O)c1. The van der Waals surface area contributed by atoms with Crippen LogP contribution in [0.2, 0.25) is 0 Å². The second-order valence-corrected chi connectivity index (χ2v) is 9.08. The quantitative estimate of drug-likeness (QED) is 0.516. The molecule has 0 bridgehead atoms. The molecule has 2 aromatic rings. The molecule has 0 aromatic heterocycles. The molecule has 168 valence electrons. The highest BCUT2D eigenvalue weighted by atomic mass is 32.2. The van der Waals surface area contributed by atoms with Gasteiger partial charge in [0.25, 0.3) is 5.91 Å². The maximum Gasteiger partial charge on any atom is 0.253 e. The first-order chi connectivity index (χ1) is 14.7. The lowest BCUT2D eigenvalue weighted by Gasteiger charge is -2.15. The van der Waals surface area contributed by atoms with Crippen molar-refractivity contribution in [3.05, 3.63) is 48.0 Å². The maximum absolute atomic E-state index is 12.5. The van der Waals surface area contributed by atoms with Gasteiger partial charge < -0.3 is 20.7 Å². The zero-order valence-corrected chi connectivity index (χ0v) is 19.0. The van der Waals surface area contributed by atoms with E-state index in [-0.39, 0.29) is 23.4 Å². The summed E-state index contributed by atoms with van der Waals surface area (Å²) < 4.78 is 29.6. The standard InChI is InChI=1S/C22H29N3O5S/c1-5-15(3)24-22(27)17-9-7-8-10-18(17)25-21(26)14-23-19-12-11-16(30-6-2)13-20(19)31(4,28)29/h7-13,15,23H,5-6,14H2,1-4H3,(H,24,27)(H,25,26). The van der Waals surface area contributed by atoms with E-state index < -0.39 is 15.7 Å². The molecule has 2 rings (SSSR count). The van der Waals surface area contributed by atoms with E-state index in [9.17, 15) is 18.0 Å². The summed E-state index contributed by atoms with van der Waals surface area (Å²) in [6, 6.07) is 11.3. The third kappa shape index (κ3) is 6.99. The second kappa shape index (κ2) is 10.8. The number of amides is 2. The number of sulfone groups is 1. The number of hydrogen-bond donors (Lipinski definition) is 3. The van der Waals surface area contributed by atoms with Crippen LogP contribution in [0.15, 0.2) is 47.4 Å². The number of rotatable bonds is 10. The van der Waals surface area contributed by atoms with Gasteiger partial charge in [0.15, 0.2) is 9.84 Å². The van der Waals surface area contributed by atoms with Gasteiger partial charge in [-0.2, -0.15) is 0 Å². The van der Waals surface area contributed by atoms with Gasteiger partial charge in [0.1, 0.15) is 5.75 Å². The van der Waals surface area contributed by atoms with Crippen molar-refractivity contribution in [2.24, 2.45) is 0 Å². The predicted molar refractivity (Wildman–Crippen MR) is 122 cm³/mol. The van der Waals surface area contributed by atoms with E-state index in [1.807, 2.05) is 13.8 Å². The van der Waals surface area contributed by atoms with Crippen LogP contribution in [-0.2, 0) is 14.6 Å². The smallest absolute Gasteiger partial charge is 0.253 e. The molecule has 1 atom stereocenters. The van der Waals surface area contributed by atoms with Crippen LogP contribution in [0.3, 0.4) is 0 Å². The molecule has 0 aliphatic carbocycles. The molecule has 0 spiro atoms. The van der Waals surface area contributed by atoms with Gasteiger partial charge in [-0.25, -0.2) is 8.42 Å². The van der Waals surface area contributed by atoms with Gasteiger partial charge in [-0.3, -0.25) is 9.59 Å². The minimum absolute atomic E-state index is 0.00648. The van der Waals surface area contributed by atoms with Crippen LogP contribution in [0.5, 0.6) is 5.75 Å². The number of hydrogen-bond acceptors (Lipinski definition) is 6. The minimum atomic E-state index is -3.54. The van der Waals surface area contributed by atoms with Crippen molar-refractivity contribution in [2.45, 2.75) is 38.1 Å². The van der Waals surface area contributed by atoms with Gasteiger partial charge in [-0.15, -0.1) is 0 Å². The van der Waals surface area contributed by atoms with Crippen LogP contribution in [-0.4, -0.2) is 45.7 Å². The molecule has 1 unspecified atom stereocenters. The summed E-state index contributed by atoms with van der Waals surface area (Å²) in [5.74, 6) is -0.264. The minimum Gasteiger partial charge on any atom is -0.494 e. The van der Waals surface area contributed by atoms with E-state index in [1.165, 1.54) is 6.07 Å². The molecule has 0 heterocycles. The molecule has 0 saturated heterocycles. The van der Waals surface area contributed by atoms with Crippen molar-refractivity contribution in [2.75, 3.05) is 30.0 Å². The van der Waals surface area contributed by atoms with E-state index in [0.717, 1.165) is 12.7 Å². The summed E-state index contributed by atoms with van der Waals surface area (Å²) in [5, 5.41) is 8.43. The van der Waals surface area contributed by atoms with Crippen LogP contribution in [0.1, 0.15) is 37.6 Å². The first kappa shape index (κ1) is 24.2. The normalized spacial score (nSPS) is 12.0. The fraction of sp³-hybridized carbons (Fsp3) is 0.364. The molecule has 31 heavy (non-hydrogen) atoms. The van der Waals surface area contributed by atoms with Crippen LogP contribution in [0.4, 0.5) is 11.4 Å².